The van der Waals surface area contributed by atoms with E-state index in [9.17, 15) is 33.9 Å². The van der Waals surface area contributed by atoms with Crippen LogP contribution in [0.5, 0.6) is 5.75 Å². The van der Waals surface area contributed by atoms with Crippen molar-refractivity contribution in [2.45, 2.75) is 104 Å². The van der Waals surface area contributed by atoms with Gasteiger partial charge in [-0.05, 0) is 76.0 Å². The van der Waals surface area contributed by atoms with E-state index in [0.29, 0.717) is 18.4 Å². The second kappa shape index (κ2) is 21.1. The second-order valence-electron chi connectivity index (χ2n) is 13.3. The fourth-order valence-electron chi connectivity index (χ4n) is 4.47. The van der Waals surface area contributed by atoms with Gasteiger partial charge >= 0.3 is 12.2 Å². The molecule has 1 aromatic rings. The summed E-state index contributed by atoms with van der Waals surface area (Å²) in [4.78, 5) is 77.5. The highest BCUT2D eigenvalue weighted by Gasteiger charge is 2.32. The highest BCUT2D eigenvalue weighted by molar-refractivity contribution is 9.09. The van der Waals surface area contributed by atoms with Crippen LogP contribution in [0.25, 0.3) is 0 Å². The summed E-state index contributed by atoms with van der Waals surface area (Å²) in [5.41, 5.74) is 2.45. The zero-order valence-corrected chi connectivity index (χ0v) is 31.3. The Balaban J connectivity index is 3.22. The molecule has 1 rings (SSSR count). The molecular formula is C33H53BrN6O9. The monoisotopic (exact) mass is 756 g/mol. The van der Waals surface area contributed by atoms with Crippen LogP contribution in [0.15, 0.2) is 24.3 Å². The Morgan fingerprint density at radius 2 is 1.47 bits per heavy atom. The van der Waals surface area contributed by atoms with Gasteiger partial charge in [0.25, 0.3) is 11.8 Å². The molecule has 0 aliphatic carbocycles. The van der Waals surface area contributed by atoms with Crippen LogP contribution in [0, 0.1) is 11.8 Å². The lowest BCUT2D eigenvalue weighted by Gasteiger charge is -2.29. The molecule has 16 heteroatoms. The van der Waals surface area contributed by atoms with Crippen LogP contribution in [0.3, 0.4) is 0 Å². The summed E-state index contributed by atoms with van der Waals surface area (Å²) in [6, 6.07) is 2.90. The van der Waals surface area contributed by atoms with Gasteiger partial charge in [-0.25, -0.2) is 14.6 Å². The molecule has 1 aromatic carbocycles. The van der Waals surface area contributed by atoms with Crippen molar-refractivity contribution < 1.29 is 43.3 Å². The molecule has 0 heterocycles. The Labute approximate surface area is 297 Å². The first-order valence-corrected chi connectivity index (χ1v) is 17.4. The number of phenolic OH excluding ortho intramolecular Hbond substituents is 1. The number of methoxy groups -OCH3 is 1. The van der Waals surface area contributed by atoms with E-state index in [-0.39, 0.29) is 48.8 Å². The molecule has 0 saturated heterocycles. The molecule has 0 bridgehead atoms. The number of hydrogen-bond acceptors (Lipinski definition) is 9. The summed E-state index contributed by atoms with van der Waals surface area (Å²) in [7, 11) is 1.24. The second-order valence-corrected chi connectivity index (χ2v) is 13.9. The Morgan fingerprint density at radius 3 is 2.00 bits per heavy atom. The summed E-state index contributed by atoms with van der Waals surface area (Å²) in [5.74, 6) is -2.73. The zero-order chi connectivity index (χ0) is 37.3. The first-order chi connectivity index (χ1) is 22.9. The maximum absolute atomic E-state index is 13.8. The summed E-state index contributed by atoms with van der Waals surface area (Å²) in [6.07, 6.45) is -0.185. The number of hydrazine groups is 1. The first kappa shape index (κ1) is 42.9. The van der Waals surface area contributed by atoms with Crippen LogP contribution >= 0.6 is 15.9 Å². The smallest absolute Gasteiger partial charge is 0.408 e. The molecule has 0 saturated carbocycles. The third kappa shape index (κ3) is 17.2. The van der Waals surface area contributed by atoms with Crippen molar-refractivity contribution in [3.05, 3.63) is 29.8 Å². The normalized spacial score (nSPS) is 13.0. The molecule has 3 atom stereocenters. The molecule has 49 heavy (non-hydrogen) atoms. The fourth-order valence-corrected chi connectivity index (χ4v) is 4.77. The van der Waals surface area contributed by atoms with Crippen molar-refractivity contribution in [1.82, 2.24) is 31.7 Å². The average Bonchev–Trinajstić information content (AvgIpc) is 3.01. The highest BCUT2D eigenvalue weighted by Crippen LogP contribution is 2.14. The van der Waals surface area contributed by atoms with Crippen molar-refractivity contribution in [1.29, 1.82) is 0 Å². The minimum Gasteiger partial charge on any atom is -0.508 e. The van der Waals surface area contributed by atoms with Crippen LogP contribution in [0.4, 0.5) is 9.59 Å². The third-order valence-corrected chi connectivity index (χ3v) is 7.39. The van der Waals surface area contributed by atoms with E-state index in [0.717, 1.165) is 5.01 Å². The molecule has 0 unspecified atom stereocenters. The van der Waals surface area contributed by atoms with Gasteiger partial charge in [-0.2, -0.15) is 0 Å². The largest absolute Gasteiger partial charge is 0.508 e. The third-order valence-electron chi connectivity index (χ3n) is 6.91. The molecule has 6 N–H and O–H groups in total. The molecular weight excluding hydrogens is 704 g/mol. The number of alkyl carbamates (subject to hydrolysis) is 2. The van der Waals surface area contributed by atoms with Crippen molar-refractivity contribution in [2.24, 2.45) is 11.8 Å². The number of carbonyl (C=O) groups excluding carboxylic acids is 6. The molecule has 0 radical (unpaired) electrons. The van der Waals surface area contributed by atoms with E-state index in [4.69, 9.17) is 4.74 Å². The molecule has 0 aliphatic rings. The minimum absolute atomic E-state index is 0.00166. The summed E-state index contributed by atoms with van der Waals surface area (Å²) in [5, 5.41) is 21.2. The number of hydrogen-bond donors (Lipinski definition) is 6. The lowest BCUT2D eigenvalue weighted by molar-refractivity contribution is -0.142. The van der Waals surface area contributed by atoms with Crippen LogP contribution in [-0.4, -0.2) is 88.6 Å². The number of ether oxygens (including phenoxy) is 2. The summed E-state index contributed by atoms with van der Waals surface area (Å²) >= 11 is 3.13. The van der Waals surface area contributed by atoms with Gasteiger partial charge in [-0.3, -0.25) is 24.6 Å². The van der Waals surface area contributed by atoms with E-state index in [1.165, 1.54) is 19.2 Å². The van der Waals surface area contributed by atoms with E-state index in [1.807, 2.05) is 13.8 Å². The van der Waals surface area contributed by atoms with Gasteiger partial charge in [0.15, 0.2) is 0 Å². The number of aromatic hydroxyl groups is 1. The molecule has 0 fully saturated rings. The Bertz CT molecular complexity index is 1250. The lowest BCUT2D eigenvalue weighted by Crippen LogP contribution is -2.59. The number of rotatable bonds is 17. The van der Waals surface area contributed by atoms with Crippen LogP contribution in [-0.2, 0) is 35.2 Å². The van der Waals surface area contributed by atoms with Crippen molar-refractivity contribution >= 4 is 51.7 Å². The number of nitrogens with one attached hydrogen (secondary N) is 5. The number of unbranched alkanes of at least 4 members (excludes halogenated alkanes) is 1. The number of benzene rings is 1. The van der Waals surface area contributed by atoms with Gasteiger partial charge in [-0.1, -0.05) is 55.8 Å². The maximum atomic E-state index is 13.8. The lowest BCUT2D eigenvalue weighted by atomic mass is 10.0. The van der Waals surface area contributed by atoms with Crippen LogP contribution in [0.2, 0.25) is 0 Å². The molecule has 0 aliphatic heterocycles. The van der Waals surface area contributed by atoms with Gasteiger partial charge in [-0.15, -0.1) is 0 Å². The van der Waals surface area contributed by atoms with Crippen molar-refractivity contribution in [3.63, 3.8) is 0 Å². The van der Waals surface area contributed by atoms with Gasteiger partial charge in [0, 0.05) is 6.54 Å². The Hall–Kier alpha value is -4.08. The molecule has 276 valence electrons. The van der Waals surface area contributed by atoms with Crippen molar-refractivity contribution in [3.8, 4) is 5.75 Å². The van der Waals surface area contributed by atoms with Crippen LogP contribution in [0.1, 0.15) is 79.7 Å². The number of carbonyl (C=O) groups is 6. The minimum atomic E-state index is -1.12. The fraction of sp³-hybridized carbons (Fsp3) is 0.636. The van der Waals surface area contributed by atoms with Gasteiger partial charge < -0.3 is 35.8 Å². The van der Waals surface area contributed by atoms with E-state index < -0.39 is 59.5 Å². The molecule has 0 aromatic heterocycles. The topological polar surface area (TPSA) is 204 Å². The van der Waals surface area contributed by atoms with E-state index in [2.05, 4.69) is 47.4 Å². The van der Waals surface area contributed by atoms with Gasteiger partial charge in [0.05, 0.1) is 19.0 Å². The Morgan fingerprint density at radius 1 is 0.857 bits per heavy atom. The summed E-state index contributed by atoms with van der Waals surface area (Å²) in [6.45, 7) is 12.5. The van der Waals surface area contributed by atoms with E-state index >= 15 is 0 Å². The van der Waals surface area contributed by atoms with Crippen LogP contribution < -0.4 is 26.7 Å². The quantitative estimate of drug-likeness (QED) is 0.0783. The number of alkyl halides is 1. The maximum Gasteiger partial charge on any atom is 0.408 e. The molecule has 15 nitrogen and oxygen atoms in total. The summed E-state index contributed by atoms with van der Waals surface area (Å²) < 4.78 is 9.89. The standard InChI is InChI=1S/C33H53BrN6O9/c1-20(2)17-25(29(44)39-40(26(42)18-34)19-22-12-14-23(41)15-13-22)37-28(43)24(11-9-10-16-35-31(46)48-8)36-30(45)27(21(3)4)38-32(47)49-33(5,6)7/h12-15,20-21,24-25,27,41H,9-11,16-19H2,1-8H3,(H,35,46)(H,36,45)(H,37,43)(H,38,47)(H,39,44)/t24-,25-,27-/m0/s1. The highest BCUT2D eigenvalue weighted by atomic mass is 79.9. The van der Waals surface area contributed by atoms with E-state index in [1.54, 1.807) is 46.8 Å². The predicted molar refractivity (Wildman–Crippen MR) is 186 cm³/mol. The Kier molecular flexibility index (Phi) is 18.5. The SMILES string of the molecule is COC(=O)NCCCC[C@H](NC(=O)[C@@H](NC(=O)OC(C)(C)C)C(C)C)C(=O)N[C@@H](CC(C)C)C(=O)NN(Cc1ccc(O)cc1)C(=O)CBr. The molecule has 0 spiro atoms. The van der Waals surface area contributed by atoms with Gasteiger partial charge in [0.2, 0.25) is 11.8 Å². The molecule has 6 amide bonds. The van der Waals surface area contributed by atoms with Gasteiger partial charge in [0.1, 0.15) is 29.5 Å². The van der Waals surface area contributed by atoms with Crippen molar-refractivity contribution in [2.75, 3.05) is 19.0 Å². The zero-order valence-electron chi connectivity index (χ0n) is 29.7. The number of amides is 6. The first-order valence-electron chi connectivity index (χ1n) is 16.2. The number of nitrogens with zero attached hydrogens (tertiary/aromatic N) is 1. The number of phenols is 1. The average molecular weight is 758 g/mol. The predicted octanol–water partition coefficient (Wildman–Crippen LogP) is 3.24. The number of halogens is 1.